The molecule has 38 heavy (non-hydrogen) atoms. The SMILES string of the molecule is CCCCn1cc(-c2ncnc3[nH]ccc23)cn1.CCN1CCN(C(=O)c2ccc(C#N)cc2F)[C@H](C)C1. The van der Waals surface area contributed by atoms with Crippen molar-refractivity contribution in [1.82, 2.24) is 34.5 Å². The minimum atomic E-state index is -0.626. The standard InChI is InChI=1S/C15H18FN3O.C13H15N5/c1-3-18-6-7-19(11(2)10-18)15(20)13-5-4-12(9-17)8-14(13)16;1-2-3-6-18-8-10(7-17-18)12-11-4-5-14-13(11)16-9-15-12/h4-5,8,11H,3,6-7,10H2,1-2H3;4-5,7-9H,2-3,6H2,1H3,(H,14,15,16)/t11-;/m1./s1. The van der Waals surface area contributed by atoms with E-state index in [2.05, 4.69) is 38.8 Å². The molecule has 4 aromatic rings. The van der Waals surface area contributed by atoms with Crippen molar-refractivity contribution in [2.24, 2.45) is 0 Å². The van der Waals surface area contributed by atoms with Gasteiger partial charge in [0.25, 0.3) is 5.91 Å². The summed E-state index contributed by atoms with van der Waals surface area (Å²) in [5, 5.41) is 14.1. The van der Waals surface area contributed by atoms with Crippen molar-refractivity contribution in [3.8, 4) is 17.3 Å². The summed E-state index contributed by atoms with van der Waals surface area (Å²) < 4.78 is 15.9. The van der Waals surface area contributed by atoms with E-state index in [0.717, 1.165) is 61.0 Å². The Kier molecular flexibility index (Phi) is 8.81. The summed E-state index contributed by atoms with van der Waals surface area (Å²) in [7, 11) is 0. The van der Waals surface area contributed by atoms with Gasteiger partial charge >= 0.3 is 0 Å². The average molecular weight is 517 g/mol. The fourth-order valence-electron chi connectivity index (χ4n) is 4.57. The molecule has 1 atom stereocenters. The first-order valence-electron chi connectivity index (χ1n) is 13.0. The quantitative estimate of drug-likeness (QED) is 0.405. The Morgan fingerprint density at radius 3 is 2.79 bits per heavy atom. The van der Waals surface area contributed by atoms with E-state index in [9.17, 15) is 9.18 Å². The van der Waals surface area contributed by atoms with Crippen LogP contribution in [-0.2, 0) is 6.54 Å². The van der Waals surface area contributed by atoms with E-state index in [1.807, 2.05) is 42.3 Å². The van der Waals surface area contributed by atoms with Gasteiger partial charge in [0, 0.05) is 55.6 Å². The van der Waals surface area contributed by atoms with Gasteiger partial charge in [-0.1, -0.05) is 20.3 Å². The zero-order valence-corrected chi connectivity index (χ0v) is 22.1. The van der Waals surface area contributed by atoms with Crippen molar-refractivity contribution in [1.29, 1.82) is 5.26 Å². The topological polar surface area (TPSA) is 107 Å². The fraction of sp³-hybridized carbons (Fsp3) is 0.393. The minimum absolute atomic E-state index is 0.0424. The van der Waals surface area contributed by atoms with Crippen LogP contribution in [0.15, 0.2) is 49.2 Å². The van der Waals surface area contributed by atoms with Gasteiger partial charge in [0.05, 0.1) is 29.1 Å². The highest BCUT2D eigenvalue weighted by Gasteiger charge is 2.28. The minimum Gasteiger partial charge on any atom is -0.346 e. The Balaban J connectivity index is 0.000000178. The number of aryl methyl sites for hydroxylation is 1. The van der Waals surface area contributed by atoms with Crippen molar-refractivity contribution in [2.75, 3.05) is 26.2 Å². The molecule has 1 aliphatic rings. The maximum absolute atomic E-state index is 13.9. The number of fused-ring (bicyclic) bond motifs is 1. The van der Waals surface area contributed by atoms with Crippen molar-refractivity contribution in [3.63, 3.8) is 0 Å². The molecule has 1 saturated heterocycles. The number of halogens is 1. The maximum atomic E-state index is 13.9. The number of hydrogen-bond donors (Lipinski definition) is 1. The van der Waals surface area contributed by atoms with Crippen LogP contribution < -0.4 is 0 Å². The predicted octanol–water partition coefficient (Wildman–Crippen LogP) is 4.49. The molecule has 1 fully saturated rings. The summed E-state index contributed by atoms with van der Waals surface area (Å²) >= 11 is 0. The molecular weight excluding hydrogens is 483 g/mol. The van der Waals surface area contributed by atoms with E-state index in [0.29, 0.717) is 6.54 Å². The molecule has 3 aromatic heterocycles. The number of hydrogen-bond acceptors (Lipinski definition) is 6. The normalized spacial score (nSPS) is 15.7. The van der Waals surface area contributed by atoms with Crippen LogP contribution in [-0.4, -0.2) is 72.7 Å². The molecule has 0 spiro atoms. The summed E-state index contributed by atoms with van der Waals surface area (Å²) in [6, 6.07) is 7.90. The van der Waals surface area contributed by atoms with Gasteiger partial charge in [-0.15, -0.1) is 0 Å². The number of H-pyrrole nitrogens is 1. The van der Waals surface area contributed by atoms with Crippen LogP contribution >= 0.6 is 0 Å². The second-order valence-corrected chi connectivity index (χ2v) is 9.36. The molecule has 5 rings (SSSR count). The Labute approximate surface area is 221 Å². The molecule has 1 aromatic carbocycles. The largest absolute Gasteiger partial charge is 0.346 e. The lowest BCUT2D eigenvalue weighted by Gasteiger charge is -2.39. The monoisotopic (exact) mass is 516 g/mol. The molecule has 0 bridgehead atoms. The molecule has 198 valence electrons. The number of amides is 1. The van der Waals surface area contributed by atoms with Crippen LogP contribution in [0, 0.1) is 17.1 Å². The first kappa shape index (κ1) is 26.9. The number of benzene rings is 1. The van der Waals surface area contributed by atoms with Crippen LogP contribution in [0.5, 0.6) is 0 Å². The van der Waals surface area contributed by atoms with Gasteiger partial charge in [-0.3, -0.25) is 14.4 Å². The molecule has 4 heterocycles. The third-order valence-corrected chi connectivity index (χ3v) is 6.75. The van der Waals surface area contributed by atoms with Gasteiger partial charge in [-0.2, -0.15) is 10.4 Å². The summed E-state index contributed by atoms with van der Waals surface area (Å²) in [5.41, 5.74) is 3.10. The van der Waals surface area contributed by atoms with Crippen LogP contribution in [0.3, 0.4) is 0 Å². The summed E-state index contributed by atoms with van der Waals surface area (Å²) in [4.78, 5) is 28.0. The smallest absolute Gasteiger partial charge is 0.257 e. The van der Waals surface area contributed by atoms with E-state index < -0.39 is 5.82 Å². The number of nitrogens with zero attached hydrogens (tertiary/aromatic N) is 7. The second kappa shape index (κ2) is 12.4. The van der Waals surface area contributed by atoms with Gasteiger partial charge in [-0.25, -0.2) is 14.4 Å². The van der Waals surface area contributed by atoms with Crippen LogP contribution in [0.25, 0.3) is 22.3 Å². The van der Waals surface area contributed by atoms with E-state index in [1.54, 1.807) is 11.2 Å². The summed E-state index contributed by atoms with van der Waals surface area (Å²) in [6.07, 6.45) is 9.69. The lowest BCUT2D eigenvalue weighted by atomic mass is 10.1. The third-order valence-electron chi connectivity index (χ3n) is 6.75. The number of nitriles is 1. The molecule has 1 amide bonds. The first-order valence-corrected chi connectivity index (χ1v) is 13.0. The summed E-state index contributed by atoms with van der Waals surface area (Å²) in [6.45, 7) is 10.4. The van der Waals surface area contributed by atoms with Crippen LogP contribution in [0.2, 0.25) is 0 Å². The van der Waals surface area contributed by atoms with Gasteiger partial charge in [-0.05, 0) is 44.2 Å². The number of aromatic nitrogens is 5. The zero-order valence-electron chi connectivity index (χ0n) is 22.1. The number of nitrogens with one attached hydrogen (secondary N) is 1. The fourth-order valence-corrected chi connectivity index (χ4v) is 4.57. The average Bonchev–Trinajstić information content (AvgIpc) is 3.61. The number of carbonyl (C=O) groups is 1. The molecule has 0 aliphatic carbocycles. The Morgan fingerprint density at radius 1 is 1.24 bits per heavy atom. The van der Waals surface area contributed by atoms with Crippen molar-refractivity contribution in [2.45, 2.75) is 46.2 Å². The van der Waals surface area contributed by atoms with Gasteiger partial charge < -0.3 is 9.88 Å². The highest BCUT2D eigenvalue weighted by atomic mass is 19.1. The molecule has 1 N–H and O–H groups in total. The second-order valence-electron chi connectivity index (χ2n) is 9.36. The molecular formula is C28H33FN8O. The highest BCUT2D eigenvalue weighted by molar-refractivity contribution is 5.95. The lowest BCUT2D eigenvalue weighted by molar-refractivity contribution is 0.0495. The number of likely N-dealkylation sites (N-methyl/N-ethyl adjacent to an activating group) is 1. The number of aromatic amines is 1. The molecule has 1 aliphatic heterocycles. The molecule has 9 nitrogen and oxygen atoms in total. The maximum Gasteiger partial charge on any atom is 0.257 e. The van der Waals surface area contributed by atoms with E-state index >= 15 is 0 Å². The molecule has 0 radical (unpaired) electrons. The predicted molar refractivity (Wildman–Crippen MR) is 144 cm³/mol. The molecule has 10 heteroatoms. The molecule has 0 saturated carbocycles. The Morgan fingerprint density at radius 2 is 2.08 bits per heavy atom. The van der Waals surface area contributed by atoms with Crippen molar-refractivity contribution >= 4 is 16.9 Å². The third kappa shape index (κ3) is 6.06. The van der Waals surface area contributed by atoms with Crippen molar-refractivity contribution in [3.05, 3.63) is 66.1 Å². The number of rotatable bonds is 6. The van der Waals surface area contributed by atoms with E-state index in [4.69, 9.17) is 5.26 Å². The van der Waals surface area contributed by atoms with Gasteiger partial charge in [0.15, 0.2) is 0 Å². The van der Waals surface area contributed by atoms with E-state index in [-0.39, 0.29) is 23.1 Å². The summed E-state index contributed by atoms with van der Waals surface area (Å²) in [5.74, 6) is -0.922. The molecule has 0 unspecified atom stereocenters. The Bertz CT molecular complexity index is 1420. The van der Waals surface area contributed by atoms with E-state index in [1.165, 1.54) is 18.6 Å². The first-order chi connectivity index (χ1) is 18.4. The zero-order chi connectivity index (χ0) is 27.1. The van der Waals surface area contributed by atoms with Crippen molar-refractivity contribution < 1.29 is 9.18 Å². The van der Waals surface area contributed by atoms with Crippen LogP contribution in [0.1, 0.15) is 49.5 Å². The highest BCUT2D eigenvalue weighted by Crippen LogP contribution is 2.24. The number of piperazine rings is 1. The number of unbranched alkanes of at least 4 members (excludes halogenated alkanes) is 1. The Hall–Kier alpha value is -4.10. The lowest BCUT2D eigenvalue weighted by Crippen LogP contribution is -2.53. The van der Waals surface area contributed by atoms with Gasteiger partial charge in [0.2, 0.25) is 0 Å². The van der Waals surface area contributed by atoms with Gasteiger partial charge in [0.1, 0.15) is 17.8 Å². The van der Waals surface area contributed by atoms with Crippen LogP contribution in [0.4, 0.5) is 4.39 Å². The number of carbonyl (C=O) groups excluding carboxylic acids is 1.